The van der Waals surface area contributed by atoms with Gasteiger partial charge in [-0.2, -0.15) is 0 Å². The first-order chi connectivity index (χ1) is 7.90. The van der Waals surface area contributed by atoms with E-state index in [9.17, 15) is 0 Å². The van der Waals surface area contributed by atoms with E-state index < -0.39 is 0 Å². The summed E-state index contributed by atoms with van der Waals surface area (Å²) in [5.74, 6) is 1.80. The Bertz CT molecular complexity index is 266. The van der Waals surface area contributed by atoms with Crippen LogP contribution in [0.5, 0.6) is 0 Å². The topological polar surface area (TPSA) is 12.0 Å². The molecule has 2 fully saturated rings. The molecule has 4 atom stereocenters. The third-order valence-electron chi connectivity index (χ3n) is 5.72. The van der Waals surface area contributed by atoms with Crippen molar-refractivity contribution in [3.8, 4) is 0 Å². The van der Waals surface area contributed by atoms with E-state index >= 15 is 0 Å². The summed E-state index contributed by atoms with van der Waals surface area (Å²) in [5, 5.41) is 3.93. The fourth-order valence-electron chi connectivity index (χ4n) is 4.73. The number of hydrogen-bond acceptors (Lipinski definition) is 1. The van der Waals surface area contributed by atoms with Crippen molar-refractivity contribution in [1.82, 2.24) is 5.32 Å². The van der Waals surface area contributed by atoms with Crippen LogP contribution >= 0.6 is 0 Å². The van der Waals surface area contributed by atoms with Crippen LogP contribution < -0.4 is 5.32 Å². The average Bonchev–Trinajstić information content (AvgIpc) is 2.69. The molecule has 0 heterocycles. The van der Waals surface area contributed by atoms with Gasteiger partial charge in [-0.05, 0) is 54.9 Å². The second kappa shape index (κ2) is 4.57. The van der Waals surface area contributed by atoms with Gasteiger partial charge in [-0.25, -0.2) is 0 Å². The van der Waals surface area contributed by atoms with Crippen LogP contribution in [-0.4, -0.2) is 12.6 Å². The van der Waals surface area contributed by atoms with Crippen molar-refractivity contribution in [2.75, 3.05) is 6.54 Å². The molecule has 1 heteroatoms. The number of hydrogen-bond donors (Lipinski definition) is 1. The average molecular weight is 237 g/mol. The van der Waals surface area contributed by atoms with Crippen LogP contribution in [-0.2, 0) is 0 Å². The highest BCUT2D eigenvalue weighted by Gasteiger charge is 2.58. The molecule has 17 heavy (non-hydrogen) atoms. The Balaban J connectivity index is 1.96. The van der Waals surface area contributed by atoms with Crippen LogP contribution in [0.25, 0.3) is 0 Å². The third-order valence-corrected chi connectivity index (χ3v) is 5.72. The van der Waals surface area contributed by atoms with E-state index in [2.05, 4.69) is 39.9 Å². The van der Waals surface area contributed by atoms with Gasteiger partial charge >= 0.3 is 0 Å². The van der Waals surface area contributed by atoms with Crippen molar-refractivity contribution in [1.29, 1.82) is 0 Å². The van der Waals surface area contributed by atoms with Crippen LogP contribution in [0, 0.1) is 22.7 Å². The first kappa shape index (κ1) is 13.4. The summed E-state index contributed by atoms with van der Waals surface area (Å²) < 4.78 is 0. The maximum Gasteiger partial charge on any atom is 0.0175 e. The van der Waals surface area contributed by atoms with Gasteiger partial charge in [0.15, 0.2) is 0 Å². The van der Waals surface area contributed by atoms with Gasteiger partial charge in [0.2, 0.25) is 0 Å². The van der Waals surface area contributed by atoms with E-state index in [1.54, 1.807) is 0 Å². The summed E-state index contributed by atoms with van der Waals surface area (Å²) in [6, 6.07) is 0.744. The lowest BCUT2D eigenvalue weighted by molar-refractivity contribution is 0.105. The van der Waals surface area contributed by atoms with Crippen LogP contribution in [0.4, 0.5) is 0 Å². The SMILES string of the molecule is CCCC(C)CNC1C2(C)CCC(C2)C1(C)C. The maximum absolute atomic E-state index is 3.93. The summed E-state index contributed by atoms with van der Waals surface area (Å²) in [5.41, 5.74) is 1.10. The summed E-state index contributed by atoms with van der Waals surface area (Å²) in [7, 11) is 0. The predicted octanol–water partition coefficient (Wildman–Crippen LogP) is 4.23. The van der Waals surface area contributed by atoms with Crippen molar-refractivity contribution in [3.63, 3.8) is 0 Å². The molecule has 100 valence electrons. The van der Waals surface area contributed by atoms with Gasteiger partial charge < -0.3 is 5.32 Å². The molecule has 0 spiro atoms. The molecule has 2 bridgehead atoms. The molecule has 1 nitrogen and oxygen atoms in total. The summed E-state index contributed by atoms with van der Waals surface area (Å²) in [6.45, 7) is 13.4. The normalized spacial score (nSPS) is 40.8. The van der Waals surface area contributed by atoms with E-state index in [0.717, 1.165) is 17.9 Å². The van der Waals surface area contributed by atoms with Gasteiger partial charge in [0.1, 0.15) is 0 Å². The van der Waals surface area contributed by atoms with Gasteiger partial charge in [-0.1, -0.05) is 41.0 Å². The van der Waals surface area contributed by atoms with Crippen molar-refractivity contribution in [3.05, 3.63) is 0 Å². The fourth-order valence-corrected chi connectivity index (χ4v) is 4.73. The fraction of sp³-hybridized carbons (Fsp3) is 1.00. The van der Waals surface area contributed by atoms with Crippen LogP contribution in [0.3, 0.4) is 0 Å². The molecular formula is C16H31N. The third kappa shape index (κ3) is 2.28. The number of nitrogens with one attached hydrogen (secondary N) is 1. The Morgan fingerprint density at radius 2 is 2.00 bits per heavy atom. The zero-order chi connectivity index (χ0) is 12.7. The van der Waals surface area contributed by atoms with Crippen LogP contribution in [0.15, 0.2) is 0 Å². The summed E-state index contributed by atoms with van der Waals surface area (Å²) in [6.07, 6.45) is 7.05. The molecule has 0 aromatic rings. The monoisotopic (exact) mass is 237 g/mol. The lowest BCUT2D eigenvalue weighted by Gasteiger charge is -2.43. The van der Waals surface area contributed by atoms with Gasteiger partial charge in [-0.3, -0.25) is 0 Å². The highest BCUT2D eigenvalue weighted by Crippen LogP contribution is 2.62. The van der Waals surface area contributed by atoms with Crippen LogP contribution in [0.2, 0.25) is 0 Å². The lowest BCUT2D eigenvalue weighted by atomic mass is 9.68. The first-order valence-electron chi connectivity index (χ1n) is 7.63. The molecule has 2 rings (SSSR count). The van der Waals surface area contributed by atoms with Crippen molar-refractivity contribution >= 4 is 0 Å². The first-order valence-corrected chi connectivity index (χ1v) is 7.63. The second-order valence-electron chi connectivity index (χ2n) is 7.65. The predicted molar refractivity (Wildman–Crippen MR) is 75.1 cm³/mol. The smallest absolute Gasteiger partial charge is 0.0175 e. The van der Waals surface area contributed by atoms with Crippen molar-refractivity contribution in [2.24, 2.45) is 22.7 Å². The Morgan fingerprint density at radius 3 is 2.53 bits per heavy atom. The minimum atomic E-state index is 0.513. The Hall–Kier alpha value is -0.0400. The maximum atomic E-state index is 3.93. The zero-order valence-electron chi connectivity index (χ0n) is 12.5. The molecule has 2 aliphatic rings. The molecule has 4 unspecified atom stereocenters. The van der Waals surface area contributed by atoms with E-state index in [4.69, 9.17) is 0 Å². The summed E-state index contributed by atoms with van der Waals surface area (Å²) in [4.78, 5) is 0. The number of fused-ring (bicyclic) bond motifs is 2. The molecule has 0 radical (unpaired) electrons. The molecule has 0 aromatic carbocycles. The number of rotatable bonds is 5. The highest BCUT2D eigenvalue weighted by molar-refractivity contribution is 5.11. The highest BCUT2D eigenvalue weighted by atomic mass is 15.0. The molecule has 0 aromatic heterocycles. The quantitative estimate of drug-likeness (QED) is 0.754. The Labute approximate surface area is 108 Å². The van der Waals surface area contributed by atoms with E-state index in [1.807, 2.05) is 0 Å². The Kier molecular flexibility index (Phi) is 3.60. The molecule has 2 aliphatic carbocycles. The lowest BCUT2D eigenvalue weighted by Crippen LogP contribution is -2.51. The molecule has 2 saturated carbocycles. The molecule has 0 amide bonds. The van der Waals surface area contributed by atoms with E-state index in [0.29, 0.717) is 10.8 Å². The largest absolute Gasteiger partial charge is 0.313 e. The standard InChI is InChI=1S/C16H31N/c1-6-7-12(2)11-17-14-15(3,4)13-8-9-16(14,5)10-13/h12-14,17H,6-11H2,1-5H3. The molecule has 0 saturated heterocycles. The van der Waals surface area contributed by atoms with Gasteiger partial charge in [0.05, 0.1) is 0 Å². The van der Waals surface area contributed by atoms with E-state index in [1.165, 1.54) is 38.6 Å². The summed E-state index contributed by atoms with van der Waals surface area (Å²) >= 11 is 0. The van der Waals surface area contributed by atoms with Crippen LogP contribution in [0.1, 0.15) is 66.7 Å². The molecular weight excluding hydrogens is 206 g/mol. The Morgan fingerprint density at radius 1 is 1.29 bits per heavy atom. The van der Waals surface area contributed by atoms with Crippen molar-refractivity contribution < 1.29 is 0 Å². The van der Waals surface area contributed by atoms with Crippen molar-refractivity contribution in [2.45, 2.75) is 72.8 Å². The minimum Gasteiger partial charge on any atom is -0.313 e. The van der Waals surface area contributed by atoms with Gasteiger partial charge in [0.25, 0.3) is 0 Å². The van der Waals surface area contributed by atoms with Gasteiger partial charge in [0, 0.05) is 6.04 Å². The second-order valence-corrected chi connectivity index (χ2v) is 7.65. The van der Waals surface area contributed by atoms with E-state index in [-0.39, 0.29) is 0 Å². The van der Waals surface area contributed by atoms with Gasteiger partial charge in [-0.15, -0.1) is 0 Å². The minimum absolute atomic E-state index is 0.513. The zero-order valence-corrected chi connectivity index (χ0v) is 12.5. The molecule has 0 aliphatic heterocycles. The molecule has 1 N–H and O–H groups in total.